The number of hydrogen-bond donors (Lipinski definition) is 1. The monoisotopic (exact) mass is 292 g/mol. The van der Waals surface area contributed by atoms with Gasteiger partial charge < -0.3 is 9.47 Å². The lowest BCUT2D eigenvalue weighted by Gasteiger charge is -2.17. The van der Waals surface area contributed by atoms with Crippen LogP contribution < -0.4 is 14.9 Å². The van der Waals surface area contributed by atoms with Gasteiger partial charge in [-0.1, -0.05) is 27.2 Å². The summed E-state index contributed by atoms with van der Waals surface area (Å²) in [5, 5.41) is 3.92. The molecule has 0 aliphatic carbocycles. The normalized spacial score (nSPS) is 12.4. The highest BCUT2D eigenvalue weighted by Crippen LogP contribution is 2.19. The van der Waals surface area contributed by atoms with Gasteiger partial charge in [-0.15, -0.1) is 0 Å². The molecule has 5 heteroatoms. The standard InChI is InChI=1S/C16H24N2O3/c1-5-6-15(16(19)18-17-11-12(2)3)21-14-9-7-13(20-4)8-10-14/h7-12,15H,5-6H2,1-4H3,(H,18,19). The highest BCUT2D eigenvalue weighted by Gasteiger charge is 2.19. The van der Waals surface area contributed by atoms with Crippen molar-refractivity contribution in [3.05, 3.63) is 24.3 Å². The fraction of sp³-hybridized carbons (Fsp3) is 0.500. The van der Waals surface area contributed by atoms with Crippen LogP contribution in [0.1, 0.15) is 33.6 Å². The molecule has 116 valence electrons. The summed E-state index contributed by atoms with van der Waals surface area (Å²) in [6, 6.07) is 7.17. The van der Waals surface area contributed by atoms with E-state index in [0.29, 0.717) is 12.2 Å². The molecule has 1 atom stereocenters. The van der Waals surface area contributed by atoms with Crippen LogP contribution in [0.4, 0.5) is 0 Å². The first-order valence-corrected chi connectivity index (χ1v) is 7.20. The van der Waals surface area contributed by atoms with Gasteiger partial charge in [0.05, 0.1) is 7.11 Å². The fourth-order valence-corrected chi connectivity index (χ4v) is 1.65. The zero-order valence-electron chi connectivity index (χ0n) is 13.1. The molecule has 0 heterocycles. The second kappa shape index (κ2) is 9.00. The Morgan fingerprint density at radius 3 is 2.43 bits per heavy atom. The lowest BCUT2D eigenvalue weighted by molar-refractivity contribution is -0.128. The van der Waals surface area contributed by atoms with Crippen LogP contribution in [0.25, 0.3) is 0 Å². The van der Waals surface area contributed by atoms with E-state index in [0.717, 1.165) is 12.2 Å². The van der Waals surface area contributed by atoms with Crippen molar-refractivity contribution in [1.29, 1.82) is 0 Å². The Hall–Kier alpha value is -2.04. The second-order valence-electron chi connectivity index (χ2n) is 5.07. The minimum atomic E-state index is -0.548. The van der Waals surface area contributed by atoms with Crippen molar-refractivity contribution in [2.45, 2.75) is 39.7 Å². The number of nitrogens with zero attached hydrogens (tertiary/aromatic N) is 1. The van der Waals surface area contributed by atoms with Gasteiger partial charge in [-0.2, -0.15) is 5.10 Å². The molecule has 0 aliphatic rings. The van der Waals surface area contributed by atoms with Crippen molar-refractivity contribution >= 4 is 12.1 Å². The van der Waals surface area contributed by atoms with Gasteiger partial charge in [0.15, 0.2) is 6.10 Å². The van der Waals surface area contributed by atoms with Crippen molar-refractivity contribution in [2.24, 2.45) is 11.0 Å². The number of methoxy groups -OCH3 is 1. The third-order valence-corrected chi connectivity index (χ3v) is 2.73. The summed E-state index contributed by atoms with van der Waals surface area (Å²) in [6.07, 6.45) is 2.62. The maximum atomic E-state index is 12.1. The van der Waals surface area contributed by atoms with Gasteiger partial charge in [-0.25, -0.2) is 5.43 Å². The van der Waals surface area contributed by atoms with Gasteiger partial charge in [0.1, 0.15) is 11.5 Å². The minimum Gasteiger partial charge on any atom is -0.497 e. The SMILES string of the molecule is CCCC(Oc1ccc(OC)cc1)C(=O)NN=CC(C)C. The van der Waals surface area contributed by atoms with Crippen molar-refractivity contribution < 1.29 is 14.3 Å². The summed E-state index contributed by atoms with van der Waals surface area (Å²) in [4.78, 5) is 12.1. The second-order valence-corrected chi connectivity index (χ2v) is 5.07. The number of ether oxygens (including phenoxy) is 2. The highest BCUT2D eigenvalue weighted by molar-refractivity contribution is 5.81. The summed E-state index contributed by atoms with van der Waals surface area (Å²) in [5.74, 6) is 1.44. The Morgan fingerprint density at radius 2 is 1.90 bits per heavy atom. The van der Waals surface area contributed by atoms with E-state index < -0.39 is 6.10 Å². The topological polar surface area (TPSA) is 59.9 Å². The van der Waals surface area contributed by atoms with Crippen LogP contribution in [-0.2, 0) is 4.79 Å². The number of amides is 1. The van der Waals surface area contributed by atoms with Crippen molar-refractivity contribution in [3.8, 4) is 11.5 Å². The zero-order chi connectivity index (χ0) is 15.7. The van der Waals surface area contributed by atoms with E-state index >= 15 is 0 Å². The van der Waals surface area contributed by atoms with Crippen LogP contribution in [-0.4, -0.2) is 25.3 Å². The van der Waals surface area contributed by atoms with Gasteiger partial charge in [0.2, 0.25) is 0 Å². The quantitative estimate of drug-likeness (QED) is 0.592. The van der Waals surface area contributed by atoms with E-state index in [9.17, 15) is 4.79 Å². The van der Waals surface area contributed by atoms with Crippen LogP contribution in [0.15, 0.2) is 29.4 Å². The maximum Gasteiger partial charge on any atom is 0.281 e. The fourth-order valence-electron chi connectivity index (χ4n) is 1.65. The van der Waals surface area contributed by atoms with Gasteiger partial charge >= 0.3 is 0 Å². The predicted molar refractivity (Wildman–Crippen MR) is 83.8 cm³/mol. The Kier molecular flexibility index (Phi) is 7.29. The summed E-state index contributed by atoms with van der Waals surface area (Å²) in [7, 11) is 1.61. The number of hydrazone groups is 1. The van der Waals surface area contributed by atoms with Crippen LogP contribution in [0.3, 0.4) is 0 Å². The van der Waals surface area contributed by atoms with E-state index in [4.69, 9.17) is 9.47 Å². The molecule has 1 amide bonds. The number of carbonyl (C=O) groups is 1. The molecule has 0 spiro atoms. The molecule has 0 fully saturated rings. The van der Waals surface area contributed by atoms with E-state index in [-0.39, 0.29) is 11.8 Å². The first-order valence-electron chi connectivity index (χ1n) is 7.20. The van der Waals surface area contributed by atoms with E-state index in [1.54, 1.807) is 37.6 Å². The molecule has 5 nitrogen and oxygen atoms in total. The molecule has 1 unspecified atom stereocenters. The minimum absolute atomic E-state index is 0.232. The maximum absolute atomic E-state index is 12.1. The molecule has 21 heavy (non-hydrogen) atoms. The lowest BCUT2D eigenvalue weighted by atomic mass is 10.2. The van der Waals surface area contributed by atoms with E-state index in [2.05, 4.69) is 10.5 Å². The molecule has 0 bridgehead atoms. The van der Waals surface area contributed by atoms with Gasteiger partial charge in [0, 0.05) is 6.21 Å². The molecule has 1 N–H and O–H groups in total. The molecule has 0 aliphatic heterocycles. The van der Waals surface area contributed by atoms with Gasteiger partial charge in [-0.05, 0) is 36.6 Å². The van der Waals surface area contributed by atoms with Crippen molar-refractivity contribution in [3.63, 3.8) is 0 Å². The molecule has 0 aromatic heterocycles. The average molecular weight is 292 g/mol. The molecular formula is C16H24N2O3. The summed E-state index contributed by atoms with van der Waals surface area (Å²) in [5.41, 5.74) is 2.52. The van der Waals surface area contributed by atoms with Crippen molar-refractivity contribution in [2.75, 3.05) is 7.11 Å². The number of nitrogens with one attached hydrogen (secondary N) is 1. The van der Waals surface area contributed by atoms with Crippen LogP contribution in [0, 0.1) is 5.92 Å². The van der Waals surface area contributed by atoms with Crippen LogP contribution in [0.2, 0.25) is 0 Å². The van der Waals surface area contributed by atoms with E-state index in [1.165, 1.54) is 0 Å². The Labute approximate surface area is 126 Å². The van der Waals surface area contributed by atoms with Gasteiger partial charge in [-0.3, -0.25) is 4.79 Å². The number of rotatable bonds is 8. The molecule has 1 rings (SSSR count). The van der Waals surface area contributed by atoms with E-state index in [1.807, 2.05) is 20.8 Å². The first-order chi connectivity index (χ1) is 10.1. The number of hydrogen-bond acceptors (Lipinski definition) is 4. The summed E-state index contributed by atoms with van der Waals surface area (Å²) in [6.45, 7) is 6.00. The largest absolute Gasteiger partial charge is 0.497 e. The molecule has 0 saturated heterocycles. The zero-order valence-corrected chi connectivity index (χ0v) is 13.1. The summed E-state index contributed by atoms with van der Waals surface area (Å²) < 4.78 is 10.8. The third-order valence-electron chi connectivity index (χ3n) is 2.73. The van der Waals surface area contributed by atoms with Crippen LogP contribution >= 0.6 is 0 Å². The Balaban J connectivity index is 2.64. The molecule has 0 saturated carbocycles. The Bertz CT molecular complexity index is 455. The lowest BCUT2D eigenvalue weighted by Crippen LogP contribution is -2.35. The third kappa shape index (κ3) is 6.29. The Morgan fingerprint density at radius 1 is 1.29 bits per heavy atom. The summed E-state index contributed by atoms with van der Waals surface area (Å²) >= 11 is 0. The van der Waals surface area contributed by atoms with Crippen LogP contribution in [0.5, 0.6) is 11.5 Å². The van der Waals surface area contributed by atoms with Crippen molar-refractivity contribution in [1.82, 2.24) is 5.43 Å². The first kappa shape index (κ1) is 17.0. The number of benzene rings is 1. The average Bonchev–Trinajstić information content (AvgIpc) is 2.47. The molecular weight excluding hydrogens is 268 g/mol. The highest BCUT2D eigenvalue weighted by atomic mass is 16.5. The number of carbonyl (C=O) groups excluding carboxylic acids is 1. The molecule has 1 aromatic carbocycles. The van der Waals surface area contributed by atoms with Gasteiger partial charge in [0.25, 0.3) is 5.91 Å². The molecule has 1 aromatic rings. The predicted octanol–water partition coefficient (Wildman–Crippen LogP) is 3.00. The molecule has 0 radical (unpaired) electrons. The smallest absolute Gasteiger partial charge is 0.281 e.